The molecule has 1 aromatic heterocycles. The van der Waals surface area contributed by atoms with E-state index in [2.05, 4.69) is 52.1 Å². The molecule has 1 saturated heterocycles. The van der Waals surface area contributed by atoms with E-state index < -0.39 is 0 Å². The molecule has 1 aliphatic heterocycles. The standard InChI is InChI=1S/C12H19BrN2S/c1-9(2)14-10-5-6-15(7-10)8-11-3-4-12(13)16-11/h3-4,9-10,14H,5-8H2,1-2H3. The molecular weight excluding hydrogens is 284 g/mol. The van der Waals surface area contributed by atoms with Crippen LogP contribution in [-0.2, 0) is 6.54 Å². The van der Waals surface area contributed by atoms with Gasteiger partial charge in [-0.25, -0.2) is 0 Å². The summed E-state index contributed by atoms with van der Waals surface area (Å²) < 4.78 is 1.23. The average molecular weight is 303 g/mol. The molecule has 0 bridgehead atoms. The van der Waals surface area contributed by atoms with Gasteiger partial charge in [-0.1, -0.05) is 13.8 Å². The van der Waals surface area contributed by atoms with E-state index in [4.69, 9.17) is 0 Å². The molecule has 1 unspecified atom stereocenters. The second-order valence-corrected chi connectivity index (χ2v) is 7.30. The number of nitrogens with one attached hydrogen (secondary N) is 1. The number of nitrogens with zero attached hydrogens (tertiary/aromatic N) is 1. The first kappa shape index (κ1) is 12.6. The zero-order chi connectivity index (χ0) is 11.5. The fourth-order valence-electron chi connectivity index (χ4n) is 2.24. The molecule has 1 N–H and O–H groups in total. The Morgan fingerprint density at radius 1 is 1.56 bits per heavy atom. The van der Waals surface area contributed by atoms with E-state index in [9.17, 15) is 0 Å². The monoisotopic (exact) mass is 302 g/mol. The molecule has 1 atom stereocenters. The summed E-state index contributed by atoms with van der Waals surface area (Å²) in [4.78, 5) is 4.00. The minimum atomic E-state index is 0.598. The molecule has 2 nitrogen and oxygen atoms in total. The van der Waals surface area contributed by atoms with E-state index >= 15 is 0 Å². The third-order valence-corrected chi connectivity index (χ3v) is 4.46. The number of hydrogen-bond acceptors (Lipinski definition) is 3. The van der Waals surface area contributed by atoms with Gasteiger partial charge in [0.15, 0.2) is 0 Å². The van der Waals surface area contributed by atoms with Crippen LogP contribution in [0.3, 0.4) is 0 Å². The molecule has 4 heteroatoms. The molecule has 0 amide bonds. The lowest BCUT2D eigenvalue weighted by Crippen LogP contribution is -2.36. The minimum Gasteiger partial charge on any atom is -0.310 e. The van der Waals surface area contributed by atoms with Gasteiger partial charge in [0.05, 0.1) is 3.79 Å². The van der Waals surface area contributed by atoms with Gasteiger partial charge in [0.2, 0.25) is 0 Å². The number of thiophene rings is 1. The van der Waals surface area contributed by atoms with Gasteiger partial charge >= 0.3 is 0 Å². The normalized spacial score (nSPS) is 22.1. The first-order valence-electron chi connectivity index (χ1n) is 5.86. The van der Waals surface area contributed by atoms with Crippen molar-refractivity contribution < 1.29 is 0 Å². The van der Waals surface area contributed by atoms with Crippen molar-refractivity contribution in [2.75, 3.05) is 13.1 Å². The van der Waals surface area contributed by atoms with Crippen LogP contribution >= 0.6 is 27.3 Å². The number of likely N-dealkylation sites (tertiary alicyclic amines) is 1. The maximum atomic E-state index is 3.62. The predicted octanol–water partition coefficient (Wildman–Crippen LogP) is 3.08. The first-order chi connectivity index (χ1) is 7.63. The van der Waals surface area contributed by atoms with E-state index in [1.807, 2.05) is 11.3 Å². The lowest BCUT2D eigenvalue weighted by Gasteiger charge is -2.17. The van der Waals surface area contributed by atoms with Crippen molar-refractivity contribution in [2.24, 2.45) is 0 Å². The molecular formula is C12H19BrN2S. The van der Waals surface area contributed by atoms with Gasteiger partial charge in [-0.2, -0.15) is 0 Å². The van der Waals surface area contributed by atoms with Crippen LogP contribution in [0, 0.1) is 0 Å². The number of hydrogen-bond donors (Lipinski definition) is 1. The second-order valence-electron chi connectivity index (χ2n) is 4.75. The van der Waals surface area contributed by atoms with Crippen LogP contribution in [0.15, 0.2) is 15.9 Å². The highest BCUT2D eigenvalue weighted by molar-refractivity contribution is 9.11. The zero-order valence-electron chi connectivity index (χ0n) is 9.87. The van der Waals surface area contributed by atoms with Gasteiger partial charge in [0, 0.05) is 36.6 Å². The van der Waals surface area contributed by atoms with Crippen molar-refractivity contribution in [3.05, 3.63) is 20.8 Å². The van der Waals surface area contributed by atoms with Crippen molar-refractivity contribution in [3.8, 4) is 0 Å². The fraction of sp³-hybridized carbons (Fsp3) is 0.667. The molecule has 1 aromatic rings. The van der Waals surface area contributed by atoms with Crippen molar-refractivity contribution in [1.29, 1.82) is 0 Å². The summed E-state index contributed by atoms with van der Waals surface area (Å²) in [6.45, 7) is 7.96. The van der Waals surface area contributed by atoms with Crippen molar-refractivity contribution >= 4 is 27.3 Å². The number of halogens is 1. The number of rotatable bonds is 4. The molecule has 0 aliphatic carbocycles. The van der Waals surface area contributed by atoms with E-state index in [-0.39, 0.29) is 0 Å². The fourth-order valence-corrected chi connectivity index (χ4v) is 3.77. The summed E-state index contributed by atoms with van der Waals surface area (Å²) >= 11 is 5.36. The van der Waals surface area contributed by atoms with Crippen LogP contribution in [0.25, 0.3) is 0 Å². The lowest BCUT2D eigenvalue weighted by molar-refractivity contribution is 0.319. The molecule has 2 rings (SSSR count). The van der Waals surface area contributed by atoms with Gasteiger partial charge in [-0.3, -0.25) is 4.90 Å². The molecule has 0 aromatic carbocycles. The summed E-state index contributed by atoms with van der Waals surface area (Å²) in [6, 6.07) is 5.64. The summed E-state index contributed by atoms with van der Waals surface area (Å²) in [7, 11) is 0. The van der Waals surface area contributed by atoms with Crippen LogP contribution in [0.5, 0.6) is 0 Å². The topological polar surface area (TPSA) is 15.3 Å². The molecule has 2 heterocycles. The average Bonchev–Trinajstić information content (AvgIpc) is 2.76. The van der Waals surface area contributed by atoms with Crippen LogP contribution < -0.4 is 5.32 Å². The van der Waals surface area contributed by atoms with Crippen LogP contribution in [0.4, 0.5) is 0 Å². The highest BCUT2D eigenvalue weighted by atomic mass is 79.9. The molecule has 0 spiro atoms. The van der Waals surface area contributed by atoms with Crippen LogP contribution in [-0.4, -0.2) is 30.1 Å². The summed E-state index contributed by atoms with van der Waals surface area (Å²) in [5, 5.41) is 3.62. The Labute approximate surface area is 110 Å². The Hall–Kier alpha value is 0.1000. The first-order valence-corrected chi connectivity index (χ1v) is 7.47. The third kappa shape index (κ3) is 3.55. The maximum absolute atomic E-state index is 3.62. The Morgan fingerprint density at radius 3 is 3.00 bits per heavy atom. The smallest absolute Gasteiger partial charge is 0.0701 e. The minimum absolute atomic E-state index is 0.598. The highest BCUT2D eigenvalue weighted by Crippen LogP contribution is 2.24. The van der Waals surface area contributed by atoms with E-state index in [0.29, 0.717) is 12.1 Å². The van der Waals surface area contributed by atoms with Gasteiger partial charge in [-0.05, 0) is 34.5 Å². The van der Waals surface area contributed by atoms with Gasteiger partial charge in [0.1, 0.15) is 0 Å². The summed E-state index contributed by atoms with van der Waals surface area (Å²) in [5.41, 5.74) is 0. The predicted molar refractivity (Wildman–Crippen MR) is 74.0 cm³/mol. The van der Waals surface area contributed by atoms with Crippen LogP contribution in [0.2, 0.25) is 0 Å². The summed E-state index contributed by atoms with van der Waals surface area (Å²) in [6.07, 6.45) is 1.28. The largest absolute Gasteiger partial charge is 0.310 e. The van der Waals surface area contributed by atoms with Gasteiger partial charge in [0.25, 0.3) is 0 Å². The molecule has 1 fully saturated rings. The van der Waals surface area contributed by atoms with Gasteiger partial charge in [-0.15, -0.1) is 11.3 Å². The highest BCUT2D eigenvalue weighted by Gasteiger charge is 2.22. The summed E-state index contributed by atoms with van der Waals surface area (Å²) in [5.74, 6) is 0. The molecule has 90 valence electrons. The molecule has 0 saturated carbocycles. The van der Waals surface area contributed by atoms with E-state index in [1.165, 1.54) is 28.2 Å². The Balaban J connectivity index is 1.80. The Morgan fingerprint density at radius 2 is 2.38 bits per heavy atom. The quantitative estimate of drug-likeness (QED) is 0.919. The van der Waals surface area contributed by atoms with Crippen LogP contribution in [0.1, 0.15) is 25.1 Å². The van der Waals surface area contributed by atoms with Crippen molar-refractivity contribution in [1.82, 2.24) is 10.2 Å². The second kappa shape index (κ2) is 5.63. The molecule has 1 aliphatic rings. The maximum Gasteiger partial charge on any atom is 0.0701 e. The lowest BCUT2D eigenvalue weighted by atomic mass is 10.2. The Kier molecular flexibility index (Phi) is 4.41. The van der Waals surface area contributed by atoms with E-state index in [1.54, 1.807) is 0 Å². The van der Waals surface area contributed by atoms with Crippen molar-refractivity contribution in [2.45, 2.75) is 38.9 Å². The van der Waals surface area contributed by atoms with Gasteiger partial charge < -0.3 is 5.32 Å². The molecule has 16 heavy (non-hydrogen) atoms. The SMILES string of the molecule is CC(C)NC1CCN(Cc2ccc(Br)s2)C1. The van der Waals surface area contributed by atoms with Crippen molar-refractivity contribution in [3.63, 3.8) is 0 Å². The molecule has 0 radical (unpaired) electrons. The Bertz CT molecular complexity index is 338. The third-order valence-electron chi connectivity index (χ3n) is 2.85. The van der Waals surface area contributed by atoms with E-state index in [0.717, 1.165) is 6.54 Å². The zero-order valence-corrected chi connectivity index (χ0v) is 12.3.